The molecule has 22 heavy (non-hydrogen) atoms. The van der Waals surface area contributed by atoms with E-state index in [0.717, 1.165) is 25.9 Å². The van der Waals surface area contributed by atoms with Gasteiger partial charge in [-0.25, -0.2) is 0 Å². The molecule has 1 aromatic carbocycles. The van der Waals surface area contributed by atoms with Gasteiger partial charge in [-0.2, -0.15) is 5.26 Å². The Morgan fingerprint density at radius 2 is 2.09 bits per heavy atom. The fourth-order valence-electron chi connectivity index (χ4n) is 2.63. The van der Waals surface area contributed by atoms with Crippen molar-refractivity contribution in [2.75, 3.05) is 6.61 Å². The van der Waals surface area contributed by atoms with Crippen LogP contribution in [-0.2, 0) is 16.0 Å². The molecule has 1 aromatic rings. The maximum atomic E-state index is 9.43. The van der Waals surface area contributed by atoms with E-state index in [9.17, 15) is 5.26 Å². The van der Waals surface area contributed by atoms with E-state index in [2.05, 4.69) is 30.4 Å². The topological polar surface area (TPSA) is 54.3 Å². The molecule has 120 valence electrons. The minimum atomic E-state index is -0.237. The normalized spacial score (nSPS) is 22.5. The Bertz CT molecular complexity index is 466. The number of nitrogens with zero attached hydrogens (tertiary/aromatic N) is 1. The van der Waals surface area contributed by atoms with Crippen molar-refractivity contribution in [2.45, 2.75) is 58.1 Å². The van der Waals surface area contributed by atoms with Gasteiger partial charge in [0.25, 0.3) is 0 Å². The van der Waals surface area contributed by atoms with Crippen LogP contribution in [0.1, 0.15) is 38.7 Å². The van der Waals surface area contributed by atoms with Gasteiger partial charge in [-0.1, -0.05) is 37.3 Å². The number of nitriles is 1. The van der Waals surface area contributed by atoms with Crippen molar-refractivity contribution in [1.82, 2.24) is 5.32 Å². The molecule has 0 aliphatic carbocycles. The molecule has 0 aromatic heterocycles. The summed E-state index contributed by atoms with van der Waals surface area (Å²) in [7, 11) is 0. The van der Waals surface area contributed by atoms with Gasteiger partial charge in [0.05, 0.1) is 12.2 Å². The highest BCUT2D eigenvalue weighted by molar-refractivity contribution is 5.15. The zero-order valence-corrected chi connectivity index (χ0v) is 13.5. The first-order valence-corrected chi connectivity index (χ1v) is 8.14. The zero-order valence-electron chi connectivity index (χ0n) is 13.5. The lowest BCUT2D eigenvalue weighted by molar-refractivity contribution is -0.194. The van der Waals surface area contributed by atoms with Crippen molar-refractivity contribution in [3.05, 3.63) is 35.9 Å². The van der Waals surface area contributed by atoms with E-state index < -0.39 is 0 Å². The Morgan fingerprint density at radius 1 is 1.32 bits per heavy atom. The largest absolute Gasteiger partial charge is 0.353 e. The van der Waals surface area contributed by atoms with E-state index in [1.54, 1.807) is 0 Å². The summed E-state index contributed by atoms with van der Waals surface area (Å²) < 4.78 is 11.6. The van der Waals surface area contributed by atoms with E-state index in [-0.39, 0.29) is 24.4 Å². The molecule has 2 unspecified atom stereocenters. The smallest absolute Gasteiger partial charge is 0.157 e. The minimum Gasteiger partial charge on any atom is -0.353 e. The Hall–Kier alpha value is -1.41. The van der Waals surface area contributed by atoms with Crippen LogP contribution in [0, 0.1) is 17.2 Å². The predicted octanol–water partition coefficient (Wildman–Crippen LogP) is 3.24. The first kappa shape index (κ1) is 17.0. The summed E-state index contributed by atoms with van der Waals surface area (Å²) in [5.41, 5.74) is 1.18. The van der Waals surface area contributed by atoms with Crippen LogP contribution in [-0.4, -0.2) is 25.0 Å². The third-order valence-corrected chi connectivity index (χ3v) is 4.28. The summed E-state index contributed by atoms with van der Waals surface area (Å²) in [6, 6.07) is 12.2. The molecule has 1 aliphatic rings. The van der Waals surface area contributed by atoms with Crippen molar-refractivity contribution in [3.8, 4) is 6.07 Å². The molecule has 2 rings (SSSR count). The van der Waals surface area contributed by atoms with Gasteiger partial charge in [0.1, 0.15) is 6.04 Å². The Morgan fingerprint density at radius 3 is 2.73 bits per heavy atom. The van der Waals surface area contributed by atoms with Crippen LogP contribution < -0.4 is 5.32 Å². The molecule has 1 fully saturated rings. The van der Waals surface area contributed by atoms with Gasteiger partial charge in [-0.3, -0.25) is 5.32 Å². The van der Waals surface area contributed by atoms with E-state index in [4.69, 9.17) is 9.47 Å². The van der Waals surface area contributed by atoms with E-state index >= 15 is 0 Å². The van der Waals surface area contributed by atoms with Crippen LogP contribution in [0.2, 0.25) is 0 Å². The average Bonchev–Trinajstić information content (AvgIpc) is 2.57. The standard InChI is InChI=1S/C18H26N2O2/c1-14(15(2)22-18-10-6-7-11-21-18)17(12-19)20-13-16-8-4-3-5-9-16/h3-5,8-9,14-15,17-18,20H,6-7,10-11,13H2,1-2H3/t14-,15-,17?,18?/m0/s1. The van der Waals surface area contributed by atoms with Crippen LogP contribution in [0.5, 0.6) is 0 Å². The highest BCUT2D eigenvalue weighted by Crippen LogP contribution is 2.20. The Balaban J connectivity index is 1.82. The van der Waals surface area contributed by atoms with Gasteiger partial charge in [-0.05, 0) is 31.7 Å². The third-order valence-electron chi connectivity index (χ3n) is 4.28. The summed E-state index contributed by atoms with van der Waals surface area (Å²) in [6.45, 7) is 5.55. The second-order valence-electron chi connectivity index (χ2n) is 5.97. The molecule has 0 radical (unpaired) electrons. The molecular weight excluding hydrogens is 276 g/mol. The fraction of sp³-hybridized carbons (Fsp3) is 0.611. The average molecular weight is 302 g/mol. The second-order valence-corrected chi connectivity index (χ2v) is 5.97. The second kappa shape index (κ2) is 8.89. The number of ether oxygens (including phenoxy) is 2. The van der Waals surface area contributed by atoms with Crippen LogP contribution in [0.3, 0.4) is 0 Å². The number of nitrogens with one attached hydrogen (secondary N) is 1. The predicted molar refractivity (Wildman–Crippen MR) is 86.0 cm³/mol. The lowest BCUT2D eigenvalue weighted by atomic mass is 9.97. The number of hydrogen-bond acceptors (Lipinski definition) is 4. The molecule has 4 nitrogen and oxygen atoms in total. The van der Waals surface area contributed by atoms with Gasteiger partial charge in [0.15, 0.2) is 6.29 Å². The zero-order chi connectivity index (χ0) is 15.8. The highest BCUT2D eigenvalue weighted by Gasteiger charge is 2.26. The van der Waals surface area contributed by atoms with Crippen LogP contribution >= 0.6 is 0 Å². The van der Waals surface area contributed by atoms with Gasteiger partial charge in [0, 0.05) is 19.1 Å². The van der Waals surface area contributed by atoms with Crippen LogP contribution in [0.4, 0.5) is 0 Å². The first-order valence-electron chi connectivity index (χ1n) is 8.14. The molecule has 0 saturated carbocycles. The molecule has 4 atom stereocenters. The highest BCUT2D eigenvalue weighted by atomic mass is 16.7. The lowest BCUT2D eigenvalue weighted by Gasteiger charge is -2.30. The van der Waals surface area contributed by atoms with Gasteiger partial charge < -0.3 is 9.47 Å². The van der Waals surface area contributed by atoms with Gasteiger partial charge in [0.2, 0.25) is 0 Å². The molecule has 1 saturated heterocycles. The molecule has 1 heterocycles. The number of benzene rings is 1. The van der Waals surface area contributed by atoms with E-state index in [0.29, 0.717) is 6.54 Å². The van der Waals surface area contributed by atoms with Gasteiger partial charge >= 0.3 is 0 Å². The molecule has 4 heteroatoms. The van der Waals surface area contributed by atoms with Crippen molar-refractivity contribution >= 4 is 0 Å². The Kier molecular flexibility index (Phi) is 6.85. The third kappa shape index (κ3) is 5.10. The molecular formula is C18H26N2O2. The first-order chi connectivity index (χ1) is 10.7. The molecule has 1 aliphatic heterocycles. The maximum absolute atomic E-state index is 9.43. The molecule has 1 N–H and O–H groups in total. The SMILES string of the molecule is C[C@H](OC1CCCCO1)[C@H](C)C(C#N)NCc1ccccc1. The maximum Gasteiger partial charge on any atom is 0.157 e. The number of hydrogen-bond donors (Lipinski definition) is 1. The lowest BCUT2D eigenvalue weighted by Crippen LogP contribution is -2.41. The van der Waals surface area contributed by atoms with Crippen LogP contribution in [0.25, 0.3) is 0 Å². The summed E-state index contributed by atoms with van der Waals surface area (Å²) in [5.74, 6) is 0.0965. The summed E-state index contributed by atoms with van der Waals surface area (Å²) in [6.07, 6.45) is 3.09. The van der Waals surface area contributed by atoms with Crippen molar-refractivity contribution in [3.63, 3.8) is 0 Å². The molecule has 0 bridgehead atoms. The monoisotopic (exact) mass is 302 g/mol. The van der Waals surface area contributed by atoms with E-state index in [1.165, 1.54) is 5.56 Å². The van der Waals surface area contributed by atoms with Crippen molar-refractivity contribution in [1.29, 1.82) is 5.26 Å². The summed E-state index contributed by atoms with van der Waals surface area (Å²) in [4.78, 5) is 0. The number of rotatable bonds is 7. The summed E-state index contributed by atoms with van der Waals surface area (Å²) >= 11 is 0. The quantitative estimate of drug-likeness (QED) is 0.840. The molecule has 0 amide bonds. The summed E-state index contributed by atoms with van der Waals surface area (Å²) in [5, 5.41) is 12.8. The molecule has 0 spiro atoms. The Labute approximate surface area is 133 Å². The minimum absolute atomic E-state index is 0.0176. The van der Waals surface area contributed by atoms with Crippen molar-refractivity contribution < 1.29 is 9.47 Å². The van der Waals surface area contributed by atoms with Gasteiger partial charge in [-0.15, -0.1) is 0 Å². The van der Waals surface area contributed by atoms with Crippen molar-refractivity contribution in [2.24, 2.45) is 5.92 Å². The van der Waals surface area contributed by atoms with Crippen LogP contribution in [0.15, 0.2) is 30.3 Å². The fourth-order valence-corrected chi connectivity index (χ4v) is 2.63. The van der Waals surface area contributed by atoms with E-state index in [1.807, 2.05) is 25.1 Å².